The first kappa shape index (κ1) is 23.2. The minimum Gasteiger partial charge on any atom is -0.357 e. The van der Waals surface area contributed by atoms with Crippen molar-refractivity contribution in [2.75, 3.05) is 7.05 Å². The van der Waals surface area contributed by atoms with E-state index in [1.807, 2.05) is 62.4 Å². The van der Waals surface area contributed by atoms with Crippen LogP contribution in [0, 0.1) is 19.7 Å². The lowest BCUT2D eigenvalue weighted by Crippen LogP contribution is -2.50. The maximum atomic E-state index is 14.5. The molecule has 3 aromatic rings. The molecular weight excluding hydrogens is 403 g/mol. The normalized spacial score (nSPS) is 11.6. The zero-order valence-electron chi connectivity index (χ0n) is 18.8. The van der Waals surface area contributed by atoms with E-state index in [0.717, 1.165) is 22.3 Å². The quantitative estimate of drug-likeness (QED) is 0.575. The van der Waals surface area contributed by atoms with Crippen molar-refractivity contribution in [1.82, 2.24) is 10.2 Å². The first-order valence-corrected chi connectivity index (χ1v) is 10.7. The summed E-state index contributed by atoms with van der Waals surface area (Å²) in [5.74, 6) is -0.895. The summed E-state index contributed by atoms with van der Waals surface area (Å²) in [7, 11) is 1.55. The third kappa shape index (κ3) is 6.03. The summed E-state index contributed by atoms with van der Waals surface area (Å²) in [6.45, 7) is 3.99. The predicted molar refractivity (Wildman–Crippen MR) is 125 cm³/mol. The fourth-order valence-corrected chi connectivity index (χ4v) is 3.98. The molecule has 5 heteroatoms. The first-order chi connectivity index (χ1) is 15.4. The Hall–Kier alpha value is -3.47. The SMILES string of the molecule is CNC(=O)[C@@H](Cc1ccccc1)N(Cc1ccccc1F)C(=O)Cc1cc(C)cc(C)c1. The number of likely N-dealkylation sites (N-methyl/N-ethyl adjacent to an activating group) is 1. The van der Waals surface area contributed by atoms with Crippen LogP contribution in [0.2, 0.25) is 0 Å². The molecule has 0 aliphatic rings. The van der Waals surface area contributed by atoms with E-state index in [2.05, 4.69) is 5.32 Å². The van der Waals surface area contributed by atoms with Crippen LogP contribution in [0.1, 0.15) is 27.8 Å². The van der Waals surface area contributed by atoms with Crippen molar-refractivity contribution in [2.45, 2.75) is 39.3 Å². The summed E-state index contributed by atoms with van der Waals surface area (Å²) < 4.78 is 14.5. The number of nitrogens with one attached hydrogen (secondary N) is 1. The zero-order valence-corrected chi connectivity index (χ0v) is 18.8. The van der Waals surface area contributed by atoms with Crippen LogP contribution in [-0.4, -0.2) is 29.8 Å². The van der Waals surface area contributed by atoms with Crippen LogP contribution in [0.5, 0.6) is 0 Å². The minimum atomic E-state index is -0.764. The van der Waals surface area contributed by atoms with E-state index in [0.29, 0.717) is 12.0 Å². The van der Waals surface area contributed by atoms with Gasteiger partial charge in [-0.1, -0.05) is 77.9 Å². The maximum Gasteiger partial charge on any atom is 0.242 e. The minimum absolute atomic E-state index is 0.0151. The largest absolute Gasteiger partial charge is 0.357 e. The Morgan fingerprint density at radius 1 is 0.906 bits per heavy atom. The van der Waals surface area contributed by atoms with Gasteiger partial charge in [-0.05, 0) is 31.0 Å². The number of aryl methyl sites for hydroxylation is 2. The lowest BCUT2D eigenvalue weighted by molar-refractivity contribution is -0.140. The van der Waals surface area contributed by atoms with Gasteiger partial charge in [-0.3, -0.25) is 9.59 Å². The monoisotopic (exact) mass is 432 g/mol. The molecule has 0 fully saturated rings. The molecule has 0 unspecified atom stereocenters. The number of halogens is 1. The Kier molecular flexibility index (Phi) is 7.77. The Morgan fingerprint density at radius 3 is 2.16 bits per heavy atom. The van der Waals surface area contributed by atoms with Crippen LogP contribution in [-0.2, 0) is 29.0 Å². The van der Waals surface area contributed by atoms with Gasteiger partial charge in [0, 0.05) is 25.6 Å². The molecule has 0 saturated carbocycles. The number of carbonyl (C=O) groups excluding carboxylic acids is 2. The van der Waals surface area contributed by atoms with Crippen molar-refractivity contribution in [1.29, 1.82) is 0 Å². The first-order valence-electron chi connectivity index (χ1n) is 10.7. The van der Waals surface area contributed by atoms with Crippen LogP contribution in [0.25, 0.3) is 0 Å². The van der Waals surface area contributed by atoms with E-state index in [1.54, 1.807) is 25.2 Å². The molecule has 3 aromatic carbocycles. The number of amides is 2. The Labute approximate surface area is 189 Å². The highest BCUT2D eigenvalue weighted by Gasteiger charge is 2.30. The highest BCUT2D eigenvalue weighted by Crippen LogP contribution is 2.19. The smallest absolute Gasteiger partial charge is 0.242 e. The number of hydrogen-bond donors (Lipinski definition) is 1. The van der Waals surface area contributed by atoms with E-state index in [1.165, 1.54) is 11.0 Å². The molecule has 0 bridgehead atoms. The fraction of sp³-hybridized carbons (Fsp3) is 0.259. The number of hydrogen-bond acceptors (Lipinski definition) is 2. The van der Waals surface area contributed by atoms with Gasteiger partial charge in [0.05, 0.1) is 6.42 Å². The van der Waals surface area contributed by atoms with Gasteiger partial charge in [0.15, 0.2) is 0 Å². The van der Waals surface area contributed by atoms with E-state index in [-0.39, 0.29) is 24.8 Å². The van der Waals surface area contributed by atoms with E-state index < -0.39 is 11.9 Å². The predicted octanol–water partition coefficient (Wildman–Crippen LogP) is 4.37. The van der Waals surface area contributed by atoms with Crippen LogP contribution >= 0.6 is 0 Å². The summed E-state index contributed by atoms with van der Waals surface area (Å²) >= 11 is 0. The average molecular weight is 433 g/mol. The van der Waals surface area contributed by atoms with Crippen LogP contribution in [0.15, 0.2) is 72.8 Å². The summed E-state index contributed by atoms with van der Waals surface area (Å²) in [5.41, 5.74) is 4.32. The van der Waals surface area contributed by atoms with Gasteiger partial charge in [-0.15, -0.1) is 0 Å². The van der Waals surface area contributed by atoms with Crippen molar-refractivity contribution < 1.29 is 14.0 Å². The highest BCUT2D eigenvalue weighted by atomic mass is 19.1. The lowest BCUT2D eigenvalue weighted by atomic mass is 10.0. The molecule has 4 nitrogen and oxygen atoms in total. The van der Waals surface area contributed by atoms with Crippen LogP contribution in [0.3, 0.4) is 0 Å². The summed E-state index contributed by atoms with van der Waals surface area (Å²) in [6.07, 6.45) is 0.479. The molecule has 2 amide bonds. The summed E-state index contributed by atoms with van der Waals surface area (Å²) in [6, 6.07) is 21.1. The van der Waals surface area contributed by atoms with Crippen molar-refractivity contribution in [3.05, 3.63) is 106 Å². The van der Waals surface area contributed by atoms with Gasteiger partial charge in [0.1, 0.15) is 11.9 Å². The standard InChI is InChI=1S/C27H29FN2O2/c1-19-13-20(2)15-22(14-19)17-26(31)30(18-23-11-7-8-12-24(23)28)25(27(32)29-3)16-21-9-5-4-6-10-21/h4-15,25H,16-18H2,1-3H3,(H,29,32)/t25-/m1/s1. The van der Waals surface area contributed by atoms with Crippen molar-refractivity contribution in [3.63, 3.8) is 0 Å². The number of benzene rings is 3. The molecule has 0 aromatic heterocycles. The molecule has 0 spiro atoms. The Bertz CT molecular complexity index is 1060. The molecule has 3 rings (SSSR count). The van der Waals surface area contributed by atoms with Gasteiger partial charge in [0.2, 0.25) is 11.8 Å². The van der Waals surface area contributed by atoms with Crippen molar-refractivity contribution >= 4 is 11.8 Å². The van der Waals surface area contributed by atoms with E-state index in [9.17, 15) is 14.0 Å². The van der Waals surface area contributed by atoms with Crippen molar-refractivity contribution in [3.8, 4) is 0 Å². The molecule has 32 heavy (non-hydrogen) atoms. The molecule has 1 N–H and O–H groups in total. The highest BCUT2D eigenvalue weighted by molar-refractivity contribution is 5.88. The van der Waals surface area contributed by atoms with Gasteiger partial charge >= 0.3 is 0 Å². The fourth-order valence-electron chi connectivity index (χ4n) is 3.98. The van der Waals surface area contributed by atoms with Gasteiger partial charge in [-0.2, -0.15) is 0 Å². The van der Waals surface area contributed by atoms with Crippen LogP contribution in [0.4, 0.5) is 4.39 Å². The topological polar surface area (TPSA) is 49.4 Å². The average Bonchev–Trinajstić information content (AvgIpc) is 2.76. The second-order valence-corrected chi connectivity index (χ2v) is 8.11. The Morgan fingerprint density at radius 2 is 1.53 bits per heavy atom. The van der Waals surface area contributed by atoms with Gasteiger partial charge < -0.3 is 10.2 Å². The Balaban J connectivity index is 1.97. The molecule has 0 aliphatic heterocycles. The molecule has 0 heterocycles. The van der Waals surface area contributed by atoms with E-state index >= 15 is 0 Å². The number of nitrogens with zero attached hydrogens (tertiary/aromatic N) is 1. The molecule has 0 saturated heterocycles. The van der Waals surface area contributed by atoms with Crippen LogP contribution < -0.4 is 5.32 Å². The maximum absolute atomic E-state index is 14.5. The molecule has 0 aliphatic carbocycles. The second kappa shape index (κ2) is 10.7. The van der Waals surface area contributed by atoms with E-state index in [4.69, 9.17) is 0 Å². The summed E-state index contributed by atoms with van der Waals surface area (Å²) in [5, 5.41) is 2.68. The third-order valence-electron chi connectivity index (χ3n) is 5.45. The van der Waals surface area contributed by atoms with Gasteiger partial charge in [-0.25, -0.2) is 4.39 Å². The zero-order chi connectivity index (χ0) is 23.1. The van der Waals surface area contributed by atoms with Crippen molar-refractivity contribution in [2.24, 2.45) is 0 Å². The number of rotatable bonds is 8. The third-order valence-corrected chi connectivity index (χ3v) is 5.45. The summed E-state index contributed by atoms with van der Waals surface area (Å²) in [4.78, 5) is 27.9. The molecule has 1 atom stereocenters. The second-order valence-electron chi connectivity index (χ2n) is 8.11. The number of carbonyl (C=O) groups is 2. The molecule has 0 radical (unpaired) electrons. The van der Waals surface area contributed by atoms with Gasteiger partial charge in [0.25, 0.3) is 0 Å². The molecular formula is C27H29FN2O2. The molecule has 166 valence electrons. The lowest BCUT2D eigenvalue weighted by Gasteiger charge is -2.31.